The second-order valence-corrected chi connectivity index (χ2v) is 12.6. The van der Waals surface area contributed by atoms with Crippen LogP contribution < -0.4 is 0 Å². The first-order valence-corrected chi connectivity index (χ1v) is 14.3. The van der Waals surface area contributed by atoms with Crippen molar-refractivity contribution in [2.24, 2.45) is 11.8 Å². The van der Waals surface area contributed by atoms with Gasteiger partial charge in [-0.1, -0.05) is 32.4 Å². The third kappa shape index (κ3) is 4.75. The van der Waals surface area contributed by atoms with Gasteiger partial charge in [0, 0.05) is 17.3 Å². The largest absolute Gasteiger partial charge is 0.465 e. The van der Waals surface area contributed by atoms with Gasteiger partial charge in [0.15, 0.2) is 0 Å². The van der Waals surface area contributed by atoms with Crippen molar-refractivity contribution in [3.05, 3.63) is 25.3 Å². The molecule has 7 atom stereocenters. The smallest absolute Gasteiger partial charge is 0.311 e. The number of thioether (sulfide) groups is 1. The van der Waals surface area contributed by atoms with Crippen molar-refractivity contribution in [2.75, 3.05) is 19.8 Å². The minimum Gasteiger partial charge on any atom is -0.465 e. The normalized spacial score (nSPS) is 32.2. The molecule has 2 bridgehead atoms. The van der Waals surface area contributed by atoms with Crippen molar-refractivity contribution >= 4 is 29.5 Å². The number of fused-ring (bicyclic) bond motifs is 1. The van der Waals surface area contributed by atoms with Gasteiger partial charge >= 0.3 is 5.97 Å². The van der Waals surface area contributed by atoms with E-state index in [4.69, 9.17) is 4.74 Å². The highest BCUT2D eigenvalue weighted by Crippen LogP contribution is 2.71. The molecule has 8 heteroatoms. The zero-order valence-electron chi connectivity index (χ0n) is 22.4. The van der Waals surface area contributed by atoms with Gasteiger partial charge in [-0.25, -0.2) is 0 Å². The van der Waals surface area contributed by atoms with Crippen molar-refractivity contribution in [1.29, 1.82) is 0 Å². The fraction of sp³-hybridized carbons (Fsp3) is 0.750. The van der Waals surface area contributed by atoms with Crippen LogP contribution in [0.4, 0.5) is 0 Å². The van der Waals surface area contributed by atoms with Crippen molar-refractivity contribution in [3.8, 4) is 0 Å². The Kier molecular flexibility index (Phi) is 9.36. The van der Waals surface area contributed by atoms with E-state index < -0.39 is 33.4 Å². The lowest BCUT2D eigenvalue weighted by atomic mass is 9.66. The molecule has 202 valence electrons. The number of carbonyl (C=O) groups excluding carboxylic acids is 3. The molecule has 3 aliphatic heterocycles. The molecule has 0 aromatic rings. The number of allylic oxidation sites excluding steroid dienone is 1. The van der Waals surface area contributed by atoms with E-state index in [0.717, 1.165) is 25.7 Å². The first kappa shape index (κ1) is 28.8. The number of nitrogens with zero attached hydrogens (tertiary/aromatic N) is 2. The number of ether oxygens (including phenoxy) is 1. The number of aliphatic hydroxyl groups excluding tert-OH is 1. The quantitative estimate of drug-likeness (QED) is 0.212. The second kappa shape index (κ2) is 11.7. The molecule has 7 nitrogen and oxygen atoms in total. The van der Waals surface area contributed by atoms with Crippen LogP contribution in [0.5, 0.6) is 0 Å². The average molecular weight is 521 g/mol. The molecule has 1 spiro atoms. The third-order valence-electron chi connectivity index (χ3n) is 8.42. The summed E-state index contributed by atoms with van der Waals surface area (Å²) in [6.45, 7) is 16.1. The molecule has 3 fully saturated rings. The number of rotatable bonds is 14. The molecule has 0 radical (unpaired) electrons. The minimum atomic E-state index is -0.725. The molecule has 0 aliphatic carbocycles. The Hall–Kier alpha value is -1.80. The summed E-state index contributed by atoms with van der Waals surface area (Å²) in [5.74, 6) is -1.88. The van der Waals surface area contributed by atoms with E-state index in [9.17, 15) is 19.5 Å². The van der Waals surface area contributed by atoms with E-state index >= 15 is 0 Å². The van der Waals surface area contributed by atoms with Crippen LogP contribution in [-0.4, -0.2) is 80.1 Å². The Bertz CT molecular complexity index is 861. The summed E-state index contributed by atoms with van der Waals surface area (Å²) in [5, 5.41) is 10.2. The Labute approximate surface area is 220 Å². The molecule has 3 rings (SSSR count). The van der Waals surface area contributed by atoms with Crippen LogP contribution in [-0.2, 0) is 19.1 Å². The van der Waals surface area contributed by atoms with Gasteiger partial charge in [-0.05, 0) is 52.4 Å². The first-order valence-electron chi connectivity index (χ1n) is 13.5. The molecule has 3 aliphatic rings. The van der Waals surface area contributed by atoms with Gasteiger partial charge in [-0.2, -0.15) is 0 Å². The highest BCUT2D eigenvalue weighted by atomic mass is 32.2. The zero-order valence-corrected chi connectivity index (χ0v) is 23.2. The Morgan fingerprint density at radius 2 is 2.03 bits per heavy atom. The average Bonchev–Trinajstić information content (AvgIpc) is 3.42. The minimum absolute atomic E-state index is 0.00748. The molecular weight excluding hydrogens is 476 g/mol. The van der Waals surface area contributed by atoms with E-state index in [2.05, 4.69) is 20.1 Å². The monoisotopic (exact) mass is 520 g/mol. The van der Waals surface area contributed by atoms with E-state index in [0.29, 0.717) is 25.8 Å². The summed E-state index contributed by atoms with van der Waals surface area (Å²) in [7, 11) is 0. The molecule has 36 heavy (non-hydrogen) atoms. The van der Waals surface area contributed by atoms with Gasteiger partial charge in [0.2, 0.25) is 11.8 Å². The number of unbranched alkanes of at least 4 members (excludes halogenated alkanes) is 1. The lowest BCUT2D eigenvalue weighted by Gasteiger charge is -2.41. The lowest BCUT2D eigenvalue weighted by Crippen LogP contribution is -2.58. The summed E-state index contributed by atoms with van der Waals surface area (Å²) < 4.78 is 4.51. The zero-order chi connectivity index (χ0) is 26.7. The molecule has 3 saturated heterocycles. The third-order valence-corrected chi connectivity index (χ3v) is 10.4. The number of esters is 1. The van der Waals surface area contributed by atoms with Crippen molar-refractivity contribution in [2.45, 2.75) is 100 Å². The SMILES string of the molecule is C=CCCCOC(=O)[C@@H]1[C@H]2C(=O)N([C@@H](CC)CO)C(C(=O)N(CC=C)C(C)CCC)C23CC[C@@]1(C)S3. The summed E-state index contributed by atoms with van der Waals surface area (Å²) in [4.78, 5) is 45.4. The standard InChI is InChI=1S/C28H44N2O5S/c1-7-11-12-17-35-26(34)22-21-24(32)30(20(10-4)18-31)23(28(21)15-14-27(22,6)36-28)25(33)29(16-9-3)19(5)13-8-2/h7,9,19-23,31H,1,3,8,10-18H2,2,4-6H3/t19?,20-,21-,22-,23?,27+,28?/m0/s1. The molecule has 0 aromatic carbocycles. The molecule has 0 aromatic heterocycles. The molecule has 1 N–H and O–H groups in total. The van der Waals surface area contributed by atoms with Crippen LogP contribution in [0.3, 0.4) is 0 Å². The number of carbonyl (C=O) groups is 3. The van der Waals surface area contributed by atoms with Crippen LogP contribution in [0.1, 0.15) is 72.6 Å². The van der Waals surface area contributed by atoms with E-state index in [1.54, 1.807) is 28.8 Å². The van der Waals surface area contributed by atoms with Crippen molar-refractivity contribution in [3.63, 3.8) is 0 Å². The van der Waals surface area contributed by atoms with E-state index in [1.165, 1.54) is 0 Å². The summed E-state index contributed by atoms with van der Waals surface area (Å²) in [5.41, 5.74) is 0. The van der Waals surface area contributed by atoms with Crippen LogP contribution >= 0.6 is 11.8 Å². The van der Waals surface area contributed by atoms with Crippen LogP contribution in [0, 0.1) is 11.8 Å². The van der Waals surface area contributed by atoms with Crippen molar-refractivity contribution in [1.82, 2.24) is 9.80 Å². The predicted molar refractivity (Wildman–Crippen MR) is 143 cm³/mol. The topological polar surface area (TPSA) is 87.1 Å². The Morgan fingerprint density at radius 1 is 1.31 bits per heavy atom. The number of likely N-dealkylation sites (tertiary alicyclic amines) is 1. The maximum Gasteiger partial charge on any atom is 0.311 e. The second-order valence-electron chi connectivity index (χ2n) is 10.7. The van der Waals surface area contributed by atoms with Crippen molar-refractivity contribution < 1.29 is 24.2 Å². The maximum absolute atomic E-state index is 14.4. The number of amides is 2. The molecule has 0 saturated carbocycles. The summed E-state index contributed by atoms with van der Waals surface area (Å²) >= 11 is 1.64. The highest BCUT2D eigenvalue weighted by Gasteiger charge is 2.78. The van der Waals surface area contributed by atoms with Gasteiger partial charge in [0.25, 0.3) is 0 Å². The van der Waals surface area contributed by atoms with Gasteiger partial charge in [-0.15, -0.1) is 24.9 Å². The summed E-state index contributed by atoms with van der Waals surface area (Å²) in [6, 6.07) is -1.21. The molecule has 2 amide bonds. The van der Waals surface area contributed by atoms with Gasteiger partial charge in [0.1, 0.15) is 6.04 Å². The van der Waals surface area contributed by atoms with Crippen LogP contribution in [0.15, 0.2) is 25.3 Å². The summed E-state index contributed by atoms with van der Waals surface area (Å²) in [6.07, 6.45) is 8.70. The first-order chi connectivity index (χ1) is 17.2. The fourth-order valence-electron chi connectivity index (χ4n) is 6.65. The fourth-order valence-corrected chi connectivity index (χ4v) is 8.98. The van der Waals surface area contributed by atoms with Crippen LogP contribution in [0.2, 0.25) is 0 Å². The molecule has 3 heterocycles. The lowest BCUT2D eigenvalue weighted by molar-refractivity contribution is -0.156. The Morgan fingerprint density at radius 3 is 2.61 bits per heavy atom. The maximum atomic E-state index is 14.4. The van der Waals surface area contributed by atoms with Crippen LogP contribution in [0.25, 0.3) is 0 Å². The Balaban J connectivity index is 2.04. The van der Waals surface area contributed by atoms with Gasteiger partial charge in [0.05, 0.1) is 35.8 Å². The van der Waals surface area contributed by atoms with Gasteiger partial charge in [-0.3, -0.25) is 14.4 Å². The highest BCUT2D eigenvalue weighted by molar-refractivity contribution is 8.02. The number of aliphatic hydroxyl groups is 1. The van der Waals surface area contributed by atoms with E-state index in [-0.39, 0.29) is 37.0 Å². The predicted octanol–water partition coefficient (Wildman–Crippen LogP) is 3.95. The van der Waals surface area contributed by atoms with E-state index in [1.807, 2.05) is 25.7 Å². The number of hydrogen-bond acceptors (Lipinski definition) is 6. The van der Waals surface area contributed by atoms with Gasteiger partial charge < -0.3 is 19.6 Å². The number of hydrogen-bond donors (Lipinski definition) is 1. The molecular formula is C28H44N2O5S. The molecule has 3 unspecified atom stereocenters.